The highest BCUT2D eigenvalue weighted by Gasteiger charge is 2.17. The highest BCUT2D eigenvalue weighted by atomic mass is 16.5. The van der Waals surface area contributed by atoms with Gasteiger partial charge in [0.15, 0.2) is 5.69 Å². The van der Waals surface area contributed by atoms with Crippen LogP contribution in [-0.2, 0) is 11.3 Å². The Morgan fingerprint density at radius 3 is 2.50 bits per heavy atom. The molecule has 0 saturated heterocycles. The van der Waals surface area contributed by atoms with Crippen molar-refractivity contribution in [1.82, 2.24) is 4.57 Å². The van der Waals surface area contributed by atoms with E-state index in [-0.39, 0.29) is 11.8 Å². The third-order valence-electron chi connectivity index (χ3n) is 4.96. The van der Waals surface area contributed by atoms with E-state index in [9.17, 15) is 9.90 Å². The number of carbonyl (C=O) groups is 1. The van der Waals surface area contributed by atoms with Crippen LogP contribution in [0.2, 0.25) is 0 Å². The van der Waals surface area contributed by atoms with Gasteiger partial charge in [0.1, 0.15) is 5.75 Å². The zero-order chi connectivity index (χ0) is 20.4. The average Bonchev–Trinajstić information content (AvgIpc) is 2.96. The van der Waals surface area contributed by atoms with Crippen molar-refractivity contribution >= 4 is 22.5 Å². The summed E-state index contributed by atoms with van der Waals surface area (Å²) in [5, 5.41) is 19.4. The maximum Gasteiger partial charge on any atom is 0.264 e. The number of methoxy groups -OCH3 is 1. The van der Waals surface area contributed by atoms with Crippen LogP contribution < -0.4 is 4.74 Å². The van der Waals surface area contributed by atoms with E-state index >= 15 is 0 Å². The van der Waals surface area contributed by atoms with Crippen LogP contribution in [0.3, 0.4) is 0 Å². The van der Waals surface area contributed by atoms with Crippen LogP contribution in [0.25, 0.3) is 10.9 Å². The molecule has 154 valence electrons. The smallest absolute Gasteiger partial charge is 0.264 e. The number of fused-ring (bicyclic) bond motifs is 1. The lowest BCUT2D eigenvalue weighted by molar-refractivity contribution is -0.118. The van der Waals surface area contributed by atoms with Crippen molar-refractivity contribution < 1.29 is 14.6 Å². The van der Waals surface area contributed by atoms with Gasteiger partial charge in [0.2, 0.25) is 5.88 Å². The number of aryl methyl sites for hydroxylation is 1. The summed E-state index contributed by atoms with van der Waals surface area (Å²) >= 11 is 0. The minimum absolute atomic E-state index is 0.0545. The van der Waals surface area contributed by atoms with Gasteiger partial charge in [-0.15, -0.1) is 10.2 Å². The van der Waals surface area contributed by atoms with Crippen molar-refractivity contribution in [2.24, 2.45) is 10.2 Å². The molecule has 2 rings (SSSR count). The number of azo groups is 1. The van der Waals surface area contributed by atoms with Gasteiger partial charge in [-0.3, -0.25) is 4.79 Å². The van der Waals surface area contributed by atoms with Gasteiger partial charge in [-0.05, 0) is 31.0 Å². The topological polar surface area (TPSA) is 76.2 Å². The van der Waals surface area contributed by atoms with E-state index in [0.717, 1.165) is 49.4 Å². The normalized spacial score (nSPS) is 11.5. The molecule has 1 amide bonds. The Kier molecular flexibility index (Phi) is 8.98. The number of aromatic hydroxyl groups is 1. The van der Waals surface area contributed by atoms with Crippen LogP contribution in [0.5, 0.6) is 11.6 Å². The van der Waals surface area contributed by atoms with Crippen molar-refractivity contribution in [2.45, 2.75) is 78.2 Å². The molecule has 28 heavy (non-hydrogen) atoms. The summed E-state index contributed by atoms with van der Waals surface area (Å²) in [4.78, 5) is 12.1. The third-order valence-corrected chi connectivity index (χ3v) is 4.96. The Morgan fingerprint density at radius 1 is 1.07 bits per heavy atom. The summed E-state index contributed by atoms with van der Waals surface area (Å²) in [5.74, 6) is 0.487. The summed E-state index contributed by atoms with van der Waals surface area (Å²) in [7, 11) is 1.60. The molecule has 1 aromatic heterocycles. The number of benzene rings is 1. The second-order valence-corrected chi connectivity index (χ2v) is 7.17. The first-order chi connectivity index (χ1) is 13.6. The molecule has 0 aliphatic carbocycles. The van der Waals surface area contributed by atoms with E-state index in [4.69, 9.17) is 4.74 Å². The molecule has 0 radical (unpaired) electrons. The first-order valence-electron chi connectivity index (χ1n) is 10.5. The predicted molar refractivity (Wildman–Crippen MR) is 113 cm³/mol. The van der Waals surface area contributed by atoms with Gasteiger partial charge < -0.3 is 14.4 Å². The summed E-state index contributed by atoms with van der Waals surface area (Å²) in [6, 6.07) is 5.60. The maximum absolute atomic E-state index is 12.1. The highest BCUT2D eigenvalue weighted by Crippen LogP contribution is 2.40. The van der Waals surface area contributed by atoms with Crippen LogP contribution in [-0.4, -0.2) is 22.7 Å². The molecule has 0 bridgehead atoms. The van der Waals surface area contributed by atoms with Crippen LogP contribution in [0, 0.1) is 0 Å². The van der Waals surface area contributed by atoms with E-state index in [1.165, 1.54) is 12.8 Å². The Balaban J connectivity index is 2.19. The number of unbranched alkanes of at least 4 members (excludes halogenated alkanes) is 6. The second-order valence-electron chi connectivity index (χ2n) is 7.17. The quantitative estimate of drug-likeness (QED) is 0.333. The lowest BCUT2D eigenvalue weighted by Crippen LogP contribution is -1.97. The van der Waals surface area contributed by atoms with Crippen molar-refractivity contribution in [2.75, 3.05) is 7.11 Å². The van der Waals surface area contributed by atoms with Gasteiger partial charge in [-0.2, -0.15) is 0 Å². The molecular weight excluding hydrogens is 354 g/mol. The Bertz CT molecular complexity index is 796. The standard InChI is InChI=1S/C22H33N3O3/c1-4-6-8-9-10-12-20(26)23-24-21-18-16-17(28-3)13-14-19(18)25(22(21)27)15-11-7-5-2/h13-14,16,27H,4-12,15H2,1-3H3. The second kappa shape index (κ2) is 11.5. The highest BCUT2D eigenvalue weighted by molar-refractivity contribution is 5.96. The lowest BCUT2D eigenvalue weighted by atomic mass is 10.1. The van der Waals surface area contributed by atoms with E-state index in [0.29, 0.717) is 24.4 Å². The first-order valence-corrected chi connectivity index (χ1v) is 10.5. The molecule has 0 spiro atoms. The van der Waals surface area contributed by atoms with Gasteiger partial charge in [0.05, 0.1) is 12.6 Å². The minimum atomic E-state index is -0.245. The summed E-state index contributed by atoms with van der Waals surface area (Å²) in [6.45, 7) is 5.01. The molecule has 0 unspecified atom stereocenters. The fourth-order valence-electron chi connectivity index (χ4n) is 3.31. The zero-order valence-electron chi connectivity index (χ0n) is 17.4. The number of amides is 1. The van der Waals surface area contributed by atoms with Crippen LogP contribution in [0.4, 0.5) is 5.69 Å². The molecule has 0 atom stereocenters. The molecule has 0 saturated carbocycles. The largest absolute Gasteiger partial charge is 0.497 e. The number of ether oxygens (including phenoxy) is 1. The summed E-state index contributed by atoms with van der Waals surface area (Å²) in [5.41, 5.74) is 1.21. The van der Waals surface area contributed by atoms with Crippen LogP contribution in [0.1, 0.15) is 71.6 Å². The number of hydrogen-bond donors (Lipinski definition) is 1. The van der Waals surface area contributed by atoms with E-state index < -0.39 is 0 Å². The Morgan fingerprint density at radius 2 is 1.79 bits per heavy atom. The zero-order valence-corrected chi connectivity index (χ0v) is 17.4. The van der Waals surface area contributed by atoms with Gasteiger partial charge in [-0.25, -0.2) is 0 Å². The summed E-state index contributed by atoms with van der Waals surface area (Å²) in [6.07, 6.45) is 8.94. The third kappa shape index (κ3) is 5.81. The monoisotopic (exact) mass is 387 g/mol. The van der Waals surface area contributed by atoms with Gasteiger partial charge in [-0.1, -0.05) is 52.4 Å². The van der Waals surface area contributed by atoms with Crippen LogP contribution in [0.15, 0.2) is 28.4 Å². The fourth-order valence-corrected chi connectivity index (χ4v) is 3.31. The molecule has 1 aromatic carbocycles. The molecule has 0 aliphatic rings. The van der Waals surface area contributed by atoms with Crippen molar-refractivity contribution in [1.29, 1.82) is 0 Å². The lowest BCUT2D eigenvalue weighted by Gasteiger charge is -2.06. The molecule has 1 heterocycles. The average molecular weight is 388 g/mol. The molecular formula is C22H33N3O3. The van der Waals surface area contributed by atoms with Crippen molar-refractivity contribution in [3.63, 3.8) is 0 Å². The molecule has 2 aromatic rings. The van der Waals surface area contributed by atoms with Gasteiger partial charge in [0, 0.05) is 18.4 Å². The number of aromatic nitrogens is 1. The first kappa shape index (κ1) is 21.9. The summed E-state index contributed by atoms with van der Waals surface area (Å²) < 4.78 is 7.15. The number of nitrogens with zero attached hydrogens (tertiary/aromatic N) is 3. The van der Waals surface area contributed by atoms with E-state index in [1.807, 2.05) is 22.8 Å². The van der Waals surface area contributed by atoms with Gasteiger partial charge in [0.25, 0.3) is 5.91 Å². The van der Waals surface area contributed by atoms with E-state index in [1.54, 1.807) is 7.11 Å². The predicted octanol–water partition coefficient (Wildman–Crippen LogP) is 6.52. The number of carbonyl (C=O) groups excluding carboxylic acids is 1. The Hall–Kier alpha value is -2.37. The fraction of sp³-hybridized carbons (Fsp3) is 0.591. The molecule has 1 N–H and O–H groups in total. The molecule has 6 heteroatoms. The number of rotatable bonds is 12. The maximum atomic E-state index is 12.1. The Labute approximate surface area is 167 Å². The van der Waals surface area contributed by atoms with Crippen molar-refractivity contribution in [3.05, 3.63) is 18.2 Å². The minimum Gasteiger partial charge on any atom is -0.497 e. The molecule has 0 aliphatic heterocycles. The SMILES string of the molecule is CCCCCCCC(=O)N=Nc1c(O)n(CCCCC)c2ccc(OC)cc12. The molecule has 6 nitrogen and oxygen atoms in total. The number of hydrogen-bond acceptors (Lipinski definition) is 4. The van der Waals surface area contributed by atoms with Crippen LogP contribution >= 0.6 is 0 Å². The van der Waals surface area contributed by atoms with Gasteiger partial charge >= 0.3 is 0 Å². The van der Waals surface area contributed by atoms with Crippen molar-refractivity contribution in [3.8, 4) is 11.6 Å². The molecule has 0 fully saturated rings. The van der Waals surface area contributed by atoms with E-state index in [2.05, 4.69) is 24.1 Å².